The van der Waals surface area contributed by atoms with E-state index in [9.17, 15) is 22.8 Å². The minimum Gasteiger partial charge on any atom is -0.366 e. The first-order chi connectivity index (χ1) is 10.8. The third-order valence-corrected chi connectivity index (χ3v) is 3.17. The summed E-state index contributed by atoms with van der Waals surface area (Å²) in [5.41, 5.74) is 5.52. The summed E-state index contributed by atoms with van der Waals surface area (Å²) in [5.74, 6) is -1.04. The van der Waals surface area contributed by atoms with E-state index in [0.717, 1.165) is 29.8 Å². The molecule has 0 saturated heterocycles. The molecule has 4 nitrogen and oxygen atoms in total. The first kappa shape index (κ1) is 16.5. The predicted molar refractivity (Wildman–Crippen MR) is 77.6 cm³/mol. The number of primary amides is 1. The first-order valence-electron chi connectivity index (χ1n) is 6.61. The van der Waals surface area contributed by atoms with Gasteiger partial charge in [0.25, 0.3) is 5.91 Å². The zero-order valence-electron chi connectivity index (χ0n) is 11.9. The Labute approximate surface area is 130 Å². The van der Waals surface area contributed by atoms with Crippen LogP contribution in [0.1, 0.15) is 31.8 Å². The van der Waals surface area contributed by atoms with E-state index in [-0.39, 0.29) is 12.1 Å². The summed E-state index contributed by atoms with van der Waals surface area (Å²) in [4.78, 5) is 22.8. The second-order valence-corrected chi connectivity index (χ2v) is 4.82. The summed E-state index contributed by atoms with van der Waals surface area (Å²) >= 11 is 0. The van der Waals surface area contributed by atoms with Crippen LogP contribution in [0.15, 0.2) is 48.5 Å². The lowest BCUT2D eigenvalue weighted by atomic mass is 10.1. The predicted octanol–water partition coefficient (Wildman–Crippen LogP) is 2.73. The Hall–Kier alpha value is -2.83. The van der Waals surface area contributed by atoms with E-state index in [0.29, 0.717) is 5.56 Å². The molecule has 2 aromatic rings. The number of carbonyl (C=O) groups is 2. The van der Waals surface area contributed by atoms with Crippen molar-refractivity contribution in [1.29, 1.82) is 0 Å². The highest BCUT2D eigenvalue weighted by Gasteiger charge is 2.30. The van der Waals surface area contributed by atoms with Gasteiger partial charge in [-0.05, 0) is 42.0 Å². The molecule has 2 aromatic carbocycles. The van der Waals surface area contributed by atoms with E-state index in [1.807, 2.05) is 0 Å². The second-order valence-electron chi connectivity index (χ2n) is 4.82. The molecule has 2 amide bonds. The molecular formula is C16H13F3N2O2. The fraction of sp³-hybridized carbons (Fsp3) is 0.125. The lowest BCUT2D eigenvalue weighted by molar-refractivity contribution is -0.137. The average Bonchev–Trinajstić information content (AvgIpc) is 2.52. The summed E-state index contributed by atoms with van der Waals surface area (Å²) in [6.07, 6.45) is -4.43. The Balaban J connectivity index is 1.98. The monoisotopic (exact) mass is 322 g/mol. The highest BCUT2D eigenvalue weighted by atomic mass is 19.4. The zero-order valence-corrected chi connectivity index (χ0v) is 11.9. The van der Waals surface area contributed by atoms with Crippen molar-refractivity contribution in [1.82, 2.24) is 5.32 Å². The van der Waals surface area contributed by atoms with Gasteiger partial charge < -0.3 is 11.1 Å². The molecular weight excluding hydrogens is 309 g/mol. The van der Waals surface area contributed by atoms with Crippen LogP contribution in [0.3, 0.4) is 0 Å². The zero-order chi connectivity index (χ0) is 17.0. The van der Waals surface area contributed by atoms with Crippen LogP contribution in [0.4, 0.5) is 13.2 Å². The molecule has 0 aromatic heterocycles. The number of hydrogen-bond donors (Lipinski definition) is 2. The van der Waals surface area contributed by atoms with E-state index < -0.39 is 23.6 Å². The van der Waals surface area contributed by atoms with Gasteiger partial charge in [0.05, 0.1) is 5.56 Å². The molecule has 0 aliphatic rings. The van der Waals surface area contributed by atoms with Gasteiger partial charge in [0.15, 0.2) is 0 Å². The molecule has 0 saturated carbocycles. The fourth-order valence-electron chi connectivity index (χ4n) is 1.88. The van der Waals surface area contributed by atoms with Gasteiger partial charge in [-0.15, -0.1) is 0 Å². The molecule has 0 unspecified atom stereocenters. The number of nitrogens with two attached hydrogens (primary N) is 1. The van der Waals surface area contributed by atoms with Crippen LogP contribution >= 0.6 is 0 Å². The normalized spacial score (nSPS) is 11.1. The largest absolute Gasteiger partial charge is 0.416 e. The Morgan fingerprint density at radius 1 is 0.913 bits per heavy atom. The summed E-state index contributed by atoms with van der Waals surface area (Å²) in [6.45, 7) is 0.179. The smallest absolute Gasteiger partial charge is 0.366 e. The lowest BCUT2D eigenvalue weighted by Crippen LogP contribution is -2.23. The van der Waals surface area contributed by atoms with Crippen LogP contribution in [-0.4, -0.2) is 11.8 Å². The van der Waals surface area contributed by atoms with Gasteiger partial charge >= 0.3 is 6.18 Å². The quantitative estimate of drug-likeness (QED) is 0.908. The number of nitrogens with one attached hydrogen (secondary N) is 1. The van der Waals surface area contributed by atoms with Crippen molar-refractivity contribution in [3.05, 3.63) is 70.8 Å². The molecule has 0 fully saturated rings. The van der Waals surface area contributed by atoms with Crippen LogP contribution in [-0.2, 0) is 12.7 Å². The van der Waals surface area contributed by atoms with E-state index in [1.54, 1.807) is 12.1 Å². The molecule has 0 radical (unpaired) electrons. The van der Waals surface area contributed by atoms with Crippen LogP contribution < -0.4 is 11.1 Å². The SMILES string of the molecule is NC(=O)c1ccc(CNC(=O)c2ccc(C(F)(F)F)cc2)cc1. The van der Waals surface area contributed by atoms with Gasteiger partial charge in [-0.3, -0.25) is 9.59 Å². The maximum atomic E-state index is 12.4. The van der Waals surface area contributed by atoms with Crippen LogP contribution in [0, 0.1) is 0 Å². The third-order valence-electron chi connectivity index (χ3n) is 3.17. The Bertz CT molecular complexity index is 708. The number of carbonyl (C=O) groups excluding carboxylic acids is 2. The van der Waals surface area contributed by atoms with E-state index in [2.05, 4.69) is 5.32 Å². The summed E-state index contributed by atoms with van der Waals surface area (Å²) in [7, 11) is 0. The number of rotatable bonds is 4. The van der Waals surface area contributed by atoms with E-state index in [1.165, 1.54) is 12.1 Å². The fourth-order valence-corrected chi connectivity index (χ4v) is 1.88. The maximum Gasteiger partial charge on any atom is 0.416 e. The number of hydrogen-bond acceptors (Lipinski definition) is 2. The molecule has 0 spiro atoms. The molecule has 0 atom stereocenters. The van der Waals surface area contributed by atoms with Crippen molar-refractivity contribution in [2.75, 3.05) is 0 Å². The molecule has 23 heavy (non-hydrogen) atoms. The molecule has 0 heterocycles. The number of alkyl halides is 3. The van der Waals surface area contributed by atoms with E-state index >= 15 is 0 Å². The number of halogens is 3. The van der Waals surface area contributed by atoms with Gasteiger partial charge in [-0.25, -0.2) is 0 Å². The number of benzene rings is 2. The summed E-state index contributed by atoms with van der Waals surface area (Å²) in [6, 6.07) is 10.3. The van der Waals surface area contributed by atoms with E-state index in [4.69, 9.17) is 5.73 Å². The molecule has 120 valence electrons. The Kier molecular flexibility index (Phi) is 4.68. The topological polar surface area (TPSA) is 72.2 Å². The van der Waals surface area contributed by atoms with Crippen molar-refractivity contribution in [2.45, 2.75) is 12.7 Å². The number of amides is 2. The highest BCUT2D eigenvalue weighted by molar-refractivity contribution is 5.94. The maximum absolute atomic E-state index is 12.4. The standard InChI is InChI=1S/C16H13F3N2O2/c17-16(18,19)13-7-5-12(6-8-13)15(23)21-9-10-1-3-11(4-2-10)14(20)22/h1-8H,9H2,(H2,20,22)(H,21,23). The van der Waals surface area contributed by atoms with Gasteiger partial charge in [0, 0.05) is 17.7 Å². The van der Waals surface area contributed by atoms with Crippen molar-refractivity contribution in [2.24, 2.45) is 5.73 Å². The van der Waals surface area contributed by atoms with Gasteiger partial charge in [-0.2, -0.15) is 13.2 Å². The van der Waals surface area contributed by atoms with Crippen LogP contribution in [0.2, 0.25) is 0 Å². The minimum atomic E-state index is -4.43. The molecule has 0 aliphatic heterocycles. The Morgan fingerprint density at radius 3 is 1.91 bits per heavy atom. The summed E-state index contributed by atoms with van der Waals surface area (Å²) < 4.78 is 37.3. The molecule has 7 heteroatoms. The highest BCUT2D eigenvalue weighted by Crippen LogP contribution is 2.29. The molecule has 0 aliphatic carbocycles. The van der Waals surface area contributed by atoms with Crippen molar-refractivity contribution < 1.29 is 22.8 Å². The third kappa shape index (κ3) is 4.32. The molecule has 3 N–H and O–H groups in total. The molecule has 2 rings (SSSR count). The van der Waals surface area contributed by atoms with Gasteiger partial charge in [-0.1, -0.05) is 12.1 Å². The van der Waals surface area contributed by atoms with Gasteiger partial charge in [0.2, 0.25) is 5.91 Å². The average molecular weight is 322 g/mol. The molecule has 0 bridgehead atoms. The van der Waals surface area contributed by atoms with Crippen LogP contribution in [0.5, 0.6) is 0 Å². The van der Waals surface area contributed by atoms with Crippen LogP contribution in [0.25, 0.3) is 0 Å². The summed E-state index contributed by atoms with van der Waals surface area (Å²) in [5, 5.41) is 2.59. The first-order valence-corrected chi connectivity index (χ1v) is 6.61. The lowest BCUT2D eigenvalue weighted by Gasteiger charge is -2.08. The minimum absolute atomic E-state index is 0.131. The second kappa shape index (κ2) is 6.51. The van der Waals surface area contributed by atoms with Gasteiger partial charge in [0.1, 0.15) is 0 Å². The van der Waals surface area contributed by atoms with Crippen molar-refractivity contribution in [3.63, 3.8) is 0 Å². The van der Waals surface area contributed by atoms with Crippen molar-refractivity contribution >= 4 is 11.8 Å². The van der Waals surface area contributed by atoms with Crippen molar-refractivity contribution in [3.8, 4) is 0 Å². The Morgan fingerprint density at radius 2 is 1.43 bits per heavy atom.